The summed E-state index contributed by atoms with van der Waals surface area (Å²) in [5.41, 5.74) is -2.23. The summed E-state index contributed by atoms with van der Waals surface area (Å²) < 4.78 is 73.7. The van der Waals surface area contributed by atoms with Crippen LogP contribution < -0.4 is 4.31 Å². The molecule has 0 bridgehead atoms. The van der Waals surface area contributed by atoms with Crippen molar-refractivity contribution < 1.29 is 35.9 Å². The number of amides is 2. The number of hydrogen-bond acceptors (Lipinski definition) is 5. The minimum atomic E-state index is -4.77. The molecule has 2 aromatic rings. The third-order valence-electron chi connectivity index (χ3n) is 6.45. The first-order valence-corrected chi connectivity index (χ1v) is 14.9. The Hall–Kier alpha value is -2.70. The summed E-state index contributed by atoms with van der Waals surface area (Å²) in [5, 5.41) is -0.0263. The molecule has 41 heavy (non-hydrogen) atoms. The number of carbonyl (C=O) groups excluding carboxylic acids is 2. The lowest BCUT2D eigenvalue weighted by molar-refractivity contribution is -0.137. The number of likely N-dealkylation sites (tertiary alicyclic amines) is 1. The van der Waals surface area contributed by atoms with Gasteiger partial charge >= 0.3 is 12.3 Å². The Morgan fingerprint density at radius 2 is 1.61 bits per heavy atom. The number of rotatable bonds is 7. The molecule has 1 fully saturated rings. The van der Waals surface area contributed by atoms with Crippen molar-refractivity contribution in [3.63, 3.8) is 0 Å². The lowest BCUT2D eigenvalue weighted by atomic mass is 9.96. The third kappa shape index (κ3) is 8.65. The highest BCUT2D eigenvalue weighted by Gasteiger charge is 2.35. The van der Waals surface area contributed by atoms with E-state index in [-0.39, 0.29) is 27.4 Å². The normalized spacial score (nSPS) is 15.0. The van der Waals surface area contributed by atoms with Crippen LogP contribution in [-0.2, 0) is 25.7 Å². The number of nitrogens with zero attached hydrogens (tertiary/aromatic N) is 3. The SMILES string of the molecule is CN(CC1CCN(C(=O)OC(C)(C)C)CC1)C(=O)CN(c1cc(C(F)(F)F)ccc1Cl)S(=O)(=O)c1ccc(Cl)cc1. The molecule has 1 aliphatic rings. The van der Waals surface area contributed by atoms with Crippen LogP contribution >= 0.6 is 23.2 Å². The largest absolute Gasteiger partial charge is 0.444 e. The molecule has 1 heterocycles. The van der Waals surface area contributed by atoms with Crippen LogP contribution in [0, 0.1) is 5.92 Å². The fourth-order valence-corrected chi connectivity index (χ4v) is 6.09. The van der Waals surface area contributed by atoms with E-state index in [1.54, 1.807) is 25.7 Å². The summed E-state index contributed by atoms with van der Waals surface area (Å²) in [7, 11) is -3.04. The van der Waals surface area contributed by atoms with E-state index >= 15 is 0 Å². The van der Waals surface area contributed by atoms with Crippen molar-refractivity contribution in [2.45, 2.75) is 50.3 Å². The first-order chi connectivity index (χ1) is 18.9. The van der Waals surface area contributed by atoms with Crippen LogP contribution in [0.2, 0.25) is 10.0 Å². The molecule has 0 aliphatic carbocycles. The second kappa shape index (κ2) is 12.7. The topological polar surface area (TPSA) is 87.2 Å². The summed E-state index contributed by atoms with van der Waals surface area (Å²) in [6, 6.07) is 7.30. The van der Waals surface area contributed by atoms with Gasteiger partial charge in [0.15, 0.2) is 0 Å². The predicted molar refractivity (Wildman–Crippen MR) is 151 cm³/mol. The summed E-state index contributed by atoms with van der Waals surface area (Å²) in [6.45, 7) is 5.66. The molecule has 0 aromatic heterocycles. The van der Waals surface area contributed by atoms with Gasteiger partial charge in [0, 0.05) is 31.7 Å². The zero-order valence-electron chi connectivity index (χ0n) is 23.0. The zero-order valence-corrected chi connectivity index (χ0v) is 25.4. The first kappa shape index (κ1) is 32.8. The number of anilines is 1. The number of alkyl halides is 3. The standard InChI is InChI=1S/C27H32Cl2F3N3O5S/c1-26(2,3)40-25(37)34-13-11-18(12-14-34)16-33(4)24(36)17-35(41(38,39)21-8-6-20(28)7-9-21)23-15-19(27(30,31)32)5-10-22(23)29/h5-10,15,18H,11-14,16-17H2,1-4H3. The van der Waals surface area contributed by atoms with E-state index in [0.29, 0.717) is 36.3 Å². The van der Waals surface area contributed by atoms with E-state index in [4.69, 9.17) is 27.9 Å². The van der Waals surface area contributed by atoms with Crippen LogP contribution in [0.5, 0.6) is 0 Å². The van der Waals surface area contributed by atoms with Crippen molar-refractivity contribution in [2.75, 3.05) is 37.5 Å². The van der Waals surface area contributed by atoms with Crippen molar-refractivity contribution in [1.29, 1.82) is 0 Å². The predicted octanol–water partition coefficient (Wildman–Crippen LogP) is 6.31. The minimum absolute atomic E-state index is 0.0149. The van der Waals surface area contributed by atoms with Gasteiger partial charge in [0.1, 0.15) is 12.1 Å². The van der Waals surface area contributed by atoms with Gasteiger partial charge in [-0.15, -0.1) is 0 Å². The van der Waals surface area contributed by atoms with E-state index < -0.39 is 51.6 Å². The zero-order chi connectivity index (χ0) is 30.8. The molecule has 2 amide bonds. The highest BCUT2D eigenvalue weighted by atomic mass is 35.5. The molecule has 0 saturated carbocycles. The number of halogens is 5. The second-order valence-corrected chi connectivity index (χ2v) is 13.5. The molecule has 3 rings (SSSR count). The Bertz CT molecular complexity index is 1360. The van der Waals surface area contributed by atoms with Crippen LogP contribution in [0.15, 0.2) is 47.4 Å². The summed E-state index contributed by atoms with van der Waals surface area (Å²) >= 11 is 12.1. The molecule has 1 saturated heterocycles. The molecule has 0 unspecified atom stereocenters. The van der Waals surface area contributed by atoms with E-state index in [1.165, 1.54) is 36.2 Å². The van der Waals surface area contributed by atoms with Gasteiger partial charge in [-0.3, -0.25) is 9.10 Å². The number of piperidine rings is 1. The molecule has 2 aromatic carbocycles. The Labute approximate surface area is 248 Å². The van der Waals surface area contributed by atoms with Crippen LogP contribution in [0.4, 0.5) is 23.7 Å². The Morgan fingerprint density at radius 3 is 2.15 bits per heavy atom. The van der Waals surface area contributed by atoms with Crippen molar-refractivity contribution in [3.05, 3.63) is 58.1 Å². The van der Waals surface area contributed by atoms with Gasteiger partial charge in [-0.05, 0) is 82.0 Å². The third-order valence-corrected chi connectivity index (χ3v) is 8.79. The Kier molecular flexibility index (Phi) is 10.1. The van der Waals surface area contributed by atoms with Gasteiger partial charge in [0.25, 0.3) is 10.0 Å². The molecule has 0 radical (unpaired) electrons. The lowest BCUT2D eigenvalue weighted by Crippen LogP contribution is -2.46. The van der Waals surface area contributed by atoms with E-state index in [2.05, 4.69) is 0 Å². The summed E-state index contributed by atoms with van der Waals surface area (Å²) in [4.78, 5) is 28.3. The van der Waals surface area contributed by atoms with E-state index in [0.717, 1.165) is 12.1 Å². The molecule has 1 aliphatic heterocycles. The van der Waals surface area contributed by atoms with Gasteiger partial charge in [-0.1, -0.05) is 23.2 Å². The van der Waals surface area contributed by atoms with Crippen molar-refractivity contribution in [2.24, 2.45) is 5.92 Å². The highest BCUT2D eigenvalue weighted by Crippen LogP contribution is 2.37. The smallest absolute Gasteiger partial charge is 0.416 e. The summed E-state index contributed by atoms with van der Waals surface area (Å²) in [5.74, 6) is -0.633. The maximum absolute atomic E-state index is 13.6. The fourth-order valence-electron chi connectivity index (χ4n) is 4.27. The second-order valence-electron chi connectivity index (χ2n) is 10.8. The number of likely N-dealkylation sites (N-methyl/N-ethyl adjacent to an activating group) is 1. The Morgan fingerprint density at radius 1 is 1.02 bits per heavy atom. The molecule has 226 valence electrons. The van der Waals surface area contributed by atoms with E-state index in [1.807, 2.05) is 0 Å². The van der Waals surface area contributed by atoms with Gasteiger partial charge in [-0.2, -0.15) is 13.2 Å². The molecule has 0 N–H and O–H groups in total. The molecular formula is C27H32Cl2F3N3O5S. The lowest BCUT2D eigenvalue weighted by Gasteiger charge is -2.35. The average Bonchev–Trinajstić information content (AvgIpc) is 2.86. The number of ether oxygens (including phenoxy) is 1. The minimum Gasteiger partial charge on any atom is -0.444 e. The van der Waals surface area contributed by atoms with Gasteiger partial charge in [0.2, 0.25) is 5.91 Å². The van der Waals surface area contributed by atoms with Crippen molar-refractivity contribution >= 4 is 50.9 Å². The number of hydrogen-bond donors (Lipinski definition) is 0. The van der Waals surface area contributed by atoms with Gasteiger partial charge in [-0.25, -0.2) is 13.2 Å². The molecule has 14 heteroatoms. The average molecular weight is 639 g/mol. The number of sulfonamides is 1. The highest BCUT2D eigenvalue weighted by molar-refractivity contribution is 7.92. The maximum Gasteiger partial charge on any atom is 0.416 e. The summed E-state index contributed by atoms with van der Waals surface area (Å²) in [6.07, 6.45) is -4.02. The monoisotopic (exact) mass is 637 g/mol. The molecule has 8 nitrogen and oxygen atoms in total. The van der Waals surface area contributed by atoms with Crippen LogP contribution in [-0.4, -0.2) is 69.0 Å². The molecule has 0 atom stereocenters. The fraction of sp³-hybridized carbons (Fsp3) is 0.481. The van der Waals surface area contributed by atoms with Crippen LogP contribution in [0.3, 0.4) is 0 Å². The van der Waals surface area contributed by atoms with Crippen molar-refractivity contribution in [1.82, 2.24) is 9.80 Å². The number of benzene rings is 2. The Balaban J connectivity index is 1.81. The quantitative estimate of drug-likeness (QED) is 0.355. The molecule has 0 spiro atoms. The van der Waals surface area contributed by atoms with Crippen LogP contribution in [0.1, 0.15) is 39.2 Å². The number of carbonyl (C=O) groups is 2. The van der Waals surface area contributed by atoms with Crippen molar-refractivity contribution in [3.8, 4) is 0 Å². The van der Waals surface area contributed by atoms with Crippen LogP contribution in [0.25, 0.3) is 0 Å². The van der Waals surface area contributed by atoms with E-state index in [9.17, 15) is 31.2 Å². The first-order valence-electron chi connectivity index (χ1n) is 12.8. The van der Waals surface area contributed by atoms with Gasteiger partial charge in [0.05, 0.1) is 21.2 Å². The molecular weight excluding hydrogens is 606 g/mol. The van der Waals surface area contributed by atoms with Gasteiger partial charge < -0.3 is 14.5 Å². The maximum atomic E-state index is 13.6.